The summed E-state index contributed by atoms with van der Waals surface area (Å²) in [5, 5.41) is -7.88. The summed E-state index contributed by atoms with van der Waals surface area (Å²) in [5.41, 5.74) is 0. The summed E-state index contributed by atoms with van der Waals surface area (Å²) in [4.78, 5) is 0. The lowest BCUT2D eigenvalue weighted by Crippen LogP contribution is -2.78. The van der Waals surface area contributed by atoms with E-state index in [1.807, 2.05) is 0 Å². The standard InChI is InChI=1S/C13H4F25NO2S/c1-39-42(40,41)13(37,38)11(32,33)9(28,29)7(24,25)5(20,21)3(16,17)2(14,15)4(18,19)6(22,23)8(26,27)10(30,31)12(34,35)36/h39H,1H3. The second-order valence-electron chi connectivity index (χ2n) is 7.47. The quantitative estimate of drug-likeness (QED) is 0.221. The summed E-state index contributed by atoms with van der Waals surface area (Å²) in [5.74, 6) is -93.3. The average Bonchev–Trinajstić information content (AvgIpc) is 2.76. The molecule has 0 heterocycles. The molecule has 0 saturated heterocycles. The largest absolute Gasteiger partial charge is 0.460 e. The van der Waals surface area contributed by atoms with Crippen LogP contribution in [0.25, 0.3) is 0 Å². The molecule has 254 valence electrons. The minimum absolute atomic E-state index is 0.00874. The number of hydrogen-bond acceptors (Lipinski definition) is 2. The first kappa shape index (κ1) is 40.2. The van der Waals surface area contributed by atoms with Gasteiger partial charge in [0.1, 0.15) is 0 Å². The number of rotatable bonds is 12. The lowest BCUT2D eigenvalue weighted by Gasteiger charge is -2.45. The molecule has 0 aromatic carbocycles. The van der Waals surface area contributed by atoms with E-state index < -0.39 is 87.7 Å². The molecule has 29 heteroatoms. The Labute approximate surface area is 212 Å². The predicted molar refractivity (Wildman–Crippen MR) is 78.5 cm³/mol. The zero-order valence-corrected chi connectivity index (χ0v) is 19.0. The first-order valence-electron chi connectivity index (χ1n) is 8.72. The van der Waals surface area contributed by atoms with Crippen LogP contribution in [0.15, 0.2) is 0 Å². The Balaban J connectivity index is 7.47. The van der Waals surface area contributed by atoms with Crippen molar-refractivity contribution < 1.29 is 118 Å². The second-order valence-corrected chi connectivity index (χ2v) is 9.39. The minimum Gasteiger partial charge on any atom is -0.213 e. The second kappa shape index (κ2) is 9.58. The van der Waals surface area contributed by atoms with Crippen LogP contribution in [0.1, 0.15) is 0 Å². The Morgan fingerprint density at radius 3 is 0.667 bits per heavy atom. The summed E-state index contributed by atoms with van der Waals surface area (Å²) in [7, 11) is -7.90. The van der Waals surface area contributed by atoms with Crippen molar-refractivity contribution in [3.8, 4) is 0 Å². The van der Waals surface area contributed by atoms with Gasteiger partial charge in [0.2, 0.25) is 0 Å². The first-order valence-corrected chi connectivity index (χ1v) is 10.2. The molecule has 0 atom stereocenters. The van der Waals surface area contributed by atoms with E-state index in [0.717, 1.165) is 0 Å². The van der Waals surface area contributed by atoms with Crippen molar-refractivity contribution in [3.05, 3.63) is 0 Å². The van der Waals surface area contributed by atoms with E-state index in [4.69, 9.17) is 0 Å². The van der Waals surface area contributed by atoms with E-state index in [2.05, 4.69) is 0 Å². The van der Waals surface area contributed by atoms with Crippen LogP contribution >= 0.6 is 0 Å². The molecular formula is C13H4F25NO2S. The molecule has 0 fully saturated rings. The summed E-state index contributed by atoms with van der Waals surface area (Å²) in [6.07, 6.45) is -8.21. The van der Waals surface area contributed by atoms with Gasteiger partial charge in [-0.25, -0.2) is 13.1 Å². The predicted octanol–water partition coefficient (Wildman–Crippen LogP) is 7.04. The van der Waals surface area contributed by atoms with Gasteiger partial charge in [0.05, 0.1) is 0 Å². The summed E-state index contributed by atoms with van der Waals surface area (Å²) < 4.78 is 352. The lowest BCUT2D eigenvalue weighted by molar-refractivity contribution is -0.480. The van der Waals surface area contributed by atoms with Gasteiger partial charge >= 0.3 is 70.7 Å². The Kier molecular flexibility index (Phi) is 9.16. The Morgan fingerprint density at radius 2 is 0.500 bits per heavy atom. The van der Waals surface area contributed by atoms with Crippen LogP contribution in [0.3, 0.4) is 0 Å². The van der Waals surface area contributed by atoms with Crippen LogP contribution in [-0.2, 0) is 10.0 Å². The third-order valence-corrected chi connectivity index (χ3v) is 6.35. The maximum atomic E-state index is 13.6. The molecule has 0 rings (SSSR count). The third-order valence-electron chi connectivity index (χ3n) is 4.88. The van der Waals surface area contributed by atoms with Gasteiger partial charge in [-0.05, 0) is 7.05 Å². The molecule has 0 unspecified atom stereocenters. The molecule has 0 aromatic heterocycles. The van der Waals surface area contributed by atoms with Crippen molar-refractivity contribution in [2.45, 2.75) is 70.7 Å². The first-order chi connectivity index (χ1) is 17.6. The average molecular weight is 713 g/mol. The van der Waals surface area contributed by atoms with Crippen LogP contribution in [0, 0.1) is 0 Å². The van der Waals surface area contributed by atoms with Gasteiger partial charge in [0, 0.05) is 0 Å². The Hall–Kier alpha value is -1.84. The van der Waals surface area contributed by atoms with E-state index in [1.165, 1.54) is 0 Å². The number of alkyl halides is 25. The number of sulfonamides is 1. The number of nitrogens with one attached hydrogen (secondary N) is 1. The molecule has 0 aromatic rings. The van der Waals surface area contributed by atoms with Gasteiger partial charge in [-0.1, -0.05) is 0 Å². The Morgan fingerprint density at radius 1 is 0.333 bits per heavy atom. The molecule has 0 aliphatic carbocycles. The fraction of sp³-hybridized carbons (Fsp3) is 1.00. The molecule has 0 bridgehead atoms. The molecule has 0 radical (unpaired) electrons. The zero-order chi connectivity index (χ0) is 35.2. The monoisotopic (exact) mass is 713 g/mol. The molecule has 0 saturated carbocycles. The van der Waals surface area contributed by atoms with E-state index in [0.29, 0.717) is 0 Å². The molecule has 1 N–H and O–H groups in total. The highest BCUT2D eigenvalue weighted by Gasteiger charge is 3.00. The summed E-state index contributed by atoms with van der Waals surface area (Å²) in [6.45, 7) is 0. The van der Waals surface area contributed by atoms with Crippen LogP contribution in [0.4, 0.5) is 110 Å². The van der Waals surface area contributed by atoms with Gasteiger partial charge in [0.25, 0.3) is 10.0 Å². The van der Waals surface area contributed by atoms with Crippen molar-refractivity contribution in [2.24, 2.45) is 0 Å². The lowest BCUT2D eigenvalue weighted by atomic mass is 9.85. The van der Waals surface area contributed by atoms with E-state index >= 15 is 0 Å². The van der Waals surface area contributed by atoms with Gasteiger partial charge in [0.15, 0.2) is 0 Å². The molecule has 42 heavy (non-hydrogen) atoms. The van der Waals surface area contributed by atoms with Crippen LogP contribution in [0.2, 0.25) is 0 Å². The normalized spacial score (nSPS) is 17.1. The van der Waals surface area contributed by atoms with Crippen LogP contribution in [0.5, 0.6) is 0 Å². The topological polar surface area (TPSA) is 46.2 Å². The highest BCUT2D eigenvalue weighted by atomic mass is 32.2. The van der Waals surface area contributed by atoms with Crippen molar-refractivity contribution in [1.29, 1.82) is 0 Å². The SMILES string of the molecule is CNS(=O)(=O)C(F)(F)C(F)(F)C(F)(F)C(F)(F)C(F)(F)C(F)(F)C(F)(F)C(F)(F)C(F)(F)C(F)(F)C(F)(F)C(F)(F)F. The third kappa shape index (κ3) is 4.42. The summed E-state index contributed by atoms with van der Waals surface area (Å²) >= 11 is 0. The van der Waals surface area contributed by atoms with Gasteiger partial charge in [-0.15, -0.1) is 0 Å². The van der Waals surface area contributed by atoms with Gasteiger partial charge in [-0.3, -0.25) is 0 Å². The molecular weight excluding hydrogens is 709 g/mol. The summed E-state index contributed by atoms with van der Waals surface area (Å²) in [6, 6.07) is 0. The fourth-order valence-corrected chi connectivity index (χ4v) is 2.96. The van der Waals surface area contributed by atoms with Gasteiger partial charge in [-0.2, -0.15) is 110 Å². The van der Waals surface area contributed by atoms with Crippen LogP contribution < -0.4 is 4.72 Å². The maximum Gasteiger partial charge on any atom is 0.460 e. The highest BCUT2D eigenvalue weighted by molar-refractivity contribution is 7.90. The molecule has 0 aliphatic rings. The zero-order valence-electron chi connectivity index (χ0n) is 18.2. The molecule has 3 nitrogen and oxygen atoms in total. The smallest absolute Gasteiger partial charge is 0.213 e. The maximum absolute atomic E-state index is 13.6. The molecule has 0 amide bonds. The van der Waals surface area contributed by atoms with Crippen molar-refractivity contribution in [3.63, 3.8) is 0 Å². The number of halogens is 25. The Bertz CT molecular complexity index is 1120. The van der Waals surface area contributed by atoms with Crippen molar-refractivity contribution in [1.82, 2.24) is 4.72 Å². The molecule has 0 spiro atoms. The fourth-order valence-electron chi connectivity index (χ4n) is 2.24. The van der Waals surface area contributed by atoms with E-state index in [-0.39, 0.29) is 4.72 Å². The number of hydrogen-bond donors (Lipinski definition) is 1. The minimum atomic E-state index is -9.71. The van der Waals surface area contributed by atoms with Gasteiger partial charge < -0.3 is 0 Å². The highest BCUT2D eigenvalue weighted by Crippen LogP contribution is 2.67. The van der Waals surface area contributed by atoms with Crippen molar-refractivity contribution in [2.75, 3.05) is 7.05 Å². The molecule has 0 aliphatic heterocycles. The van der Waals surface area contributed by atoms with Crippen LogP contribution in [-0.4, -0.2) is 86.1 Å². The van der Waals surface area contributed by atoms with E-state index in [9.17, 15) is 118 Å². The van der Waals surface area contributed by atoms with E-state index in [1.54, 1.807) is 0 Å². The van der Waals surface area contributed by atoms with Crippen molar-refractivity contribution >= 4 is 10.0 Å².